The second-order valence-electron chi connectivity index (χ2n) is 6.35. The van der Waals surface area contributed by atoms with Gasteiger partial charge in [-0.05, 0) is 30.5 Å². The molecule has 4 heteroatoms. The SMILES string of the molecule is Clc1ccc(CN2CCN(C3CCCCC3)CC2)cc1Cl. The molecule has 1 saturated carbocycles. The summed E-state index contributed by atoms with van der Waals surface area (Å²) in [7, 11) is 0. The normalized spacial score (nSPS) is 22.6. The van der Waals surface area contributed by atoms with Crippen LogP contribution in [0.5, 0.6) is 0 Å². The summed E-state index contributed by atoms with van der Waals surface area (Å²) in [5.41, 5.74) is 1.26. The molecule has 0 aromatic heterocycles. The Morgan fingerprint density at radius 1 is 0.905 bits per heavy atom. The fourth-order valence-electron chi connectivity index (χ4n) is 3.63. The summed E-state index contributed by atoms with van der Waals surface area (Å²) in [6, 6.07) is 6.84. The summed E-state index contributed by atoms with van der Waals surface area (Å²) < 4.78 is 0. The van der Waals surface area contributed by atoms with Crippen molar-refractivity contribution in [2.45, 2.75) is 44.7 Å². The second kappa shape index (κ2) is 7.32. The zero-order valence-corrected chi connectivity index (χ0v) is 14.0. The molecule has 1 aromatic rings. The van der Waals surface area contributed by atoms with Crippen LogP contribution in [-0.4, -0.2) is 42.0 Å². The molecular weight excluding hydrogens is 303 g/mol. The Morgan fingerprint density at radius 3 is 2.29 bits per heavy atom. The van der Waals surface area contributed by atoms with E-state index in [1.807, 2.05) is 12.1 Å². The molecule has 0 amide bonds. The molecular formula is C17H24Cl2N2. The first-order chi connectivity index (χ1) is 10.2. The average molecular weight is 327 g/mol. The minimum atomic E-state index is 0.641. The van der Waals surface area contributed by atoms with Crippen molar-refractivity contribution in [3.63, 3.8) is 0 Å². The van der Waals surface area contributed by atoms with Crippen LogP contribution in [0.15, 0.2) is 18.2 Å². The third-order valence-electron chi connectivity index (χ3n) is 4.89. The number of hydrogen-bond donors (Lipinski definition) is 0. The predicted octanol–water partition coefficient (Wildman–Crippen LogP) is 4.44. The maximum absolute atomic E-state index is 6.10. The molecule has 1 aliphatic carbocycles. The number of halogens is 2. The molecule has 3 rings (SSSR count). The van der Waals surface area contributed by atoms with E-state index >= 15 is 0 Å². The van der Waals surface area contributed by atoms with E-state index in [1.54, 1.807) is 0 Å². The quantitative estimate of drug-likeness (QED) is 0.810. The maximum atomic E-state index is 6.10. The fourth-order valence-corrected chi connectivity index (χ4v) is 3.95. The Labute approximate surface area is 138 Å². The van der Waals surface area contributed by atoms with Crippen LogP contribution in [0.1, 0.15) is 37.7 Å². The van der Waals surface area contributed by atoms with Crippen molar-refractivity contribution in [1.29, 1.82) is 0 Å². The topological polar surface area (TPSA) is 6.48 Å². The number of piperazine rings is 1. The molecule has 0 N–H and O–H groups in total. The average Bonchev–Trinajstić information content (AvgIpc) is 2.53. The van der Waals surface area contributed by atoms with Gasteiger partial charge < -0.3 is 0 Å². The lowest BCUT2D eigenvalue weighted by Gasteiger charge is -2.40. The van der Waals surface area contributed by atoms with Crippen LogP contribution >= 0.6 is 23.2 Å². The molecule has 0 unspecified atom stereocenters. The Hall–Kier alpha value is -0.280. The van der Waals surface area contributed by atoms with Gasteiger partial charge >= 0.3 is 0 Å². The molecule has 2 nitrogen and oxygen atoms in total. The molecule has 0 spiro atoms. The van der Waals surface area contributed by atoms with E-state index in [4.69, 9.17) is 23.2 Å². The summed E-state index contributed by atoms with van der Waals surface area (Å²) in [5, 5.41) is 1.30. The standard InChI is InChI=1S/C17H24Cl2N2/c18-16-7-6-14(12-17(16)19)13-20-8-10-21(11-9-20)15-4-2-1-3-5-15/h6-7,12,15H,1-5,8-11,13H2. The lowest BCUT2D eigenvalue weighted by molar-refractivity contribution is 0.0755. The van der Waals surface area contributed by atoms with Crippen LogP contribution < -0.4 is 0 Å². The van der Waals surface area contributed by atoms with Gasteiger partial charge in [-0.2, -0.15) is 0 Å². The van der Waals surface area contributed by atoms with E-state index in [0.717, 1.165) is 25.7 Å². The lowest BCUT2D eigenvalue weighted by Crippen LogP contribution is -2.50. The van der Waals surface area contributed by atoms with E-state index in [9.17, 15) is 0 Å². The van der Waals surface area contributed by atoms with Crippen molar-refractivity contribution in [3.8, 4) is 0 Å². The minimum absolute atomic E-state index is 0.641. The summed E-state index contributed by atoms with van der Waals surface area (Å²) in [6.07, 6.45) is 7.11. The third kappa shape index (κ3) is 4.13. The van der Waals surface area contributed by atoms with E-state index in [-0.39, 0.29) is 0 Å². The van der Waals surface area contributed by atoms with Crippen LogP contribution in [0.2, 0.25) is 10.0 Å². The minimum Gasteiger partial charge on any atom is -0.298 e. The highest BCUT2D eigenvalue weighted by Gasteiger charge is 2.24. The molecule has 0 bridgehead atoms. The Morgan fingerprint density at radius 2 is 1.62 bits per heavy atom. The van der Waals surface area contributed by atoms with E-state index in [1.165, 1.54) is 50.8 Å². The van der Waals surface area contributed by atoms with Crippen molar-refractivity contribution in [2.24, 2.45) is 0 Å². The van der Waals surface area contributed by atoms with E-state index in [0.29, 0.717) is 10.0 Å². The fraction of sp³-hybridized carbons (Fsp3) is 0.647. The number of hydrogen-bond acceptors (Lipinski definition) is 2. The van der Waals surface area contributed by atoms with Gasteiger partial charge in [0.2, 0.25) is 0 Å². The Kier molecular flexibility index (Phi) is 5.44. The molecule has 1 heterocycles. The zero-order chi connectivity index (χ0) is 14.7. The maximum Gasteiger partial charge on any atom is 0.0595 e. The van der Waals surface area contributed by atoms with Crippen molar-refractivity contribution >= 4 is 23.2 Å². The highest BCUT2D eigenvalue weighted by molar-refractivity contribution is 6.42. The third-order valence-corrected chi connectivity index (χ3v) is 5.63. The van der Waals surface area contributed by atoms with Crippen molar-refractivity contribution in [2.75, 3.05) is 26.2 Å². The van der Waals surface area contributed by atoms with Crippen LogP contribution in [0.25, 0.3) is 0 Å². The van der Waals surface area contributed by atoms with Gasteiger partial charge in [-0.1, -0.05) is 48.5 Å². The molecule has 116 valence electrons. The highest BCUT2D eigenvalue weighted by Crippen LogP contribution is 2.25. The highest BCUT2D eigenvalue weighted by atomic mass is 35.5. The van der Waals surface area contributed by atoms with Gasteiger partial charge in [0, 0.05) is 38.8 Å². The molecule has 0 atom stereocenters. The second-order valence-corrected chi connectivity index (χ2v) is 7.17. The van der Waals surface area contributed by atoms with Crippen LogP contribution in [-0.2, 0) is 6.54 Å². The van der Waals surface area contributed by atoms with Gasteiger partial charge in [-0.3, -0.25) is 9.80 Å². The molecule has 1 aliphatic heterocycles. The molecule has 0 radical (unpaired) electrons. The molecule has 21 heavy (non-hydrogen) atoms. The molecule has 1 saturated heterocycles. The summed E-state index contributed by atoms with van der Waals surface area (Å²) >= 11 is 12.1. The summed E-state index contributed by atoms with van der Waals surface area (Å²) in [5.74, 6) is 0. The molecule has 2 fully saturated rings. The van der Waals surface area contributed by atoms with Crippen LogP contribution in [0, 0.1) is 0 Å². The molecule has 2 aliphatic rings. The van der Waals surface area contributed by atoms with Gasteiger partial charge in [0.15, 0.2) is 0 Å². The van der Waals surface area contributed by atoms with E-state index < -0.39 is 0 Å². The van der Waals surface area contributed by atoms with Gasteiger partial charge in [0.25, 0.3) is 0 Å². The van der Waals surface area contributed by atoms with E-state index in [2.05, 4.69) is 15.9 Å². The summed E-state index contributed by atoms with van der Waals surface area (Å²) in [6.45, 7) is 5.74. The monoisotopic (exact) mass is 326 g/mol. The van der Waals surface area contributed by atoms with Crippen molar-refractivity contribution in [3.05, 3.63) is 33.8 Å². The first-order valence-electron chi connectivity index (χ1n) is 8.13. The zero-order valence-electron chi connectivity index (χ0n) is 12.5. The van der Waals surface area contributed by atoms with Crippen LogP contribution in [0.4, 0.5) is 0 Å². The first-order valence-corrected chi connectivity index (χ1v) is 8.88. The van der Waals surface area contributed by atoms with Gasteiger partial charge in [-0.25, -0.2) is 0 Å². The molecule has 1 aromatic carbocycles. The van der Waals surface area contributed by atoms with Gasteiger partial charge in [0.05, 0.1) is 10.0 Å². The van der Waals surface area contributed by atoms with Crippen molar-refractivity contribution in [1.82, 2.24) is 9.80 Å². The van der Waals surface area contributed by atoms with Crippen molar-refractivity contribution < 1.29 is 0 Å². The van der Waals surface area contributed by atoms with Crippen LogP contribution in [0.3, 0.4) is 0 Å². The first kappa shape index (κ1) is 15.6. The summed E-state index contributed by atoms with van der Waals surface area (Å²) in [4.78, 5) is 5.24. The number of rotatable bonds is 3. The lowest BCUT2D eigenvalue weighted by atomic mass is 9.94. The number of benzene rings is 1. The number of nitrogens with zero attached hydrogens (tertiary/aromatic N) is 2. The Balaban J connectivity index is 1.50. The Bertz CT molecular complexity index is 464. The largest absolute Gasteiger partial charge is 0.298 e. The van der Waals surface area contributed by atoms with Gasteiger partial charge in [-0.15, -0.1) is 0 Å². The predicted molar refractivity (Wildman–Crippen MR) is 90.2 cm³/mol. The smallest absolute Gasteiger partial charge is 0.0595 e. The van der Waals surface area contributed by atoms with Gasteiger partial charge in [0.1, 0.15) is 0 Å².